The highest BCUT2D eigenvalue weighted by Crippen LogP contribution is 2.25. The van der Waals surface area contributed by atoms with Crippen LogP contribution in [-0.2, 0) is 14.3 Å². The number of ether oxygens (including phenoxy) is 1. The molecule has 0 spiro atoms. The fourth-order valence-corrected chi connectivity index (χ4v) is 3.23. The maximum absolute atomic E-state index is 12.1. The molecule has 0 aliphatic rings. The van der Waals surface area contributed by atoms with Crippen LogP contribution in [0.1, 0.15) is 5.56 Å². The maximum atomic E-state index is 12.1. The summed E-state index contributed by atoms with van der Waals surface area (Å²) in [7, 11) is -3.79. The quantitative estimate of drug-likeness (QED) is 0.538. The van der Waals surface area contributed by atoms with Crippen molar-refractivity contribution in [1.82, 2.24) is 4.98 Å². The van der Waals surface area contributed by atoms with Gasteiger partial charge in [0.05, 0.1) is 10.4 Å². The first-order chi connectivity index (χ1) is 12.0. The fourth-order valence-electron chi connectivity index (χ4n) is 2.34. The summed E-state index contributed by atoms with van der Waals surface area (Å²) in [5, 5.41) is 0.804. The molecule has 6 nitrogen and oxygen atoms in total. The van der Waals surface area contributed by atoms with Crippen molar-refractivity contribution in [2.24, 2.45) is 0 Å². The molecule has 2 aromatic carbocycles. The lowest BCUT2D eigenvalue weighted by molar-refractivity contribution is 0.222. The van der Waals surface area contributed by atoms with Crippen LogP contribution in [0.4, 0.5) is 5.82 Å². The molecule has 2 N–H and O–H groups in total. The third-order valence-electron chi connectivity index (χ3n) is 3.60. The molecule has 0 fully saturated rings. The van der Waals surface area contributed by atoms with Gasteiger partial charge in [-0.15, -0.1) is 0 Å². The Hall–Kier alpha value is -2.64. The topological polar surface area (TPSA) is 91.5 Å². The number of fused-ring (bicyclic) bond motifs is 1. The Bertz CT molecular complexity index is 986. The molecular formula is C18H18N2O4S. The van der Waals surface area contributed by atoms with Gasteiger partial charge in [0.25, 0.3) is 10.1 Å². The Morgan fingerprint density at radius 2 is 1.76 bits per heavy atom. The summed E-state index contributed by atoms with van der Waals surface area (Å²) in [6.45, 7) is 1.89. The number of anilines is 1. The molecule has 1 heterocycles. The maximum Gasteiger partial charge on any atom is 0.297 e. The lowest BCUT2D eigenvalue weighted by Crippen LogP contribution is -2.13. The summed E-state index contributed by atoms with van der Waals surface area (Å²) in [4.78, 5) is 4.35. The third kappa shape index (κ3) is 4.07. The van der Waals surface area contributed by atoms with Crippen molar-refractivity contribution in [1.29, 1.82) is 0 Å². The lowest BCUT2D eigenvalue weighted by atomic mass is 10.2. The number of aryl methyl sites for hydroxylation is 1. The minimum absolute atomic E-state index is 0.0883. The molecule has 3 aromatic rings. The zero-order valence-electron chi connectivity index (χ0n) is 13.7. The highest BCUT2D eigenvalue weighted by molar-refractivity contribution is 7.86. The van der Waals surface area contributed by atoms with Gasteiger partial charge in [-0.25, -0.2) is 4.98 Å². The van der Waals surface area contributed by atoms with Gasteiger partial charge in [-0.2, -0.15) is 8.42 Å². The number of benzene rings is 2. The second-order valence-corrected chi connectivity index (χ2v) is 7.11. The van der Waals surface area contributed by atoms with E-state index >= 15 is 0 Å². The summed E-state index contributed by atoms with van der Waals surface area (Å²) >= 11 is 0. The molecule has 0 atom stereocenters. The molecule has 0 saturated carbocycles. The second kappa shape index (κ2) is 7.08. The Balaban J connectivity index is 1.63. The highest BCUT2D eigenvalue weighted by atomic mass is 32.2. The van der Waals surface area contributed by atoms with Crippen LogP contribution >= 0.6 is 0 Å². The van der Waals surface area contributed by atoms with Gasteiger partial charge in [-0.1, -0.05) is 23.8 Å². The van der Waals surface area contributed by atoms with Crippen molar-refractivity contribution in [3.63, 3.8) is 0 Å². The molecule has 0 radical (unpaired) electrons. The average Bonchev–Trinajstić information content (AvgIpc) is 2.59. The van der Waals surface area contributed by atoms with Crippen molar-refractivity contribution in [2.45, 2.75) is 11.8 Å². The van der Waals surface area contributed by atoms with Crippen LogP contribution in [0.3, 0.4) is 0 Å². The van der Waals surface area contributed by atoms with E-state index in [0.29, 0.717) is 17.1 Å². The van der Waals surface area contributed by atoms with E-state index in [4.69, 9.17) is 14.7 Å². The molecule has 0 aliphatic carbocycles. The van der Waals surface area contributed by atoms with E-state index < -0.39 is 10.1 Å². The van der Waals surface area contributed by atoms with E-state index in [1.807, 2.05) is 19.1 Å². The number of nitrogens with two attached hydrogens (primary N) is 1. The van der Waals surface area contributed by atoms with E-state index in [1.54, 1.807) is 30.3 Å². The van der Waals surface area contributed by atoms with Crippen molar-refractivity contribution < 1.29 is 17.3 Å². The lowest BCUT2D eigenvalue weighted by Gasteiger charge is -2.10. The zero-order chi connectivity index (χ0) is 17.9. The van der Waals surface area contributed by atoms with Crippen molar-refractivity contribution in [3.8, 4) is 5.75 Å². The smallest absolute Gasteiger partial charge is 0.297 e. The number of rotatable bonds is 6. The first kappa shape index (κ1) is 17.2. The number of hydrogen-bond donors (Lipinski definition) is 1. The van der Waals surface area contributed by atoms with Gasteiger partial charge in [0.15, 0.2) is 0 Å². The second-order valence-electron chi connectivity index (χ2n) is 5.50. The number of aromatic nitrogens is 1. The van der Waals surface area contributed by atoms with Crippen molar-refractivity contribution in [3.05, 3.63) is 60.2 Å². The average molecular weight is 358 g/mol. The largest absolute Gasteiger partial charge is 0.490 e. The zero-order valence-corrected chi connectivity index (χ0v) is 14.5. The molecule has 130 valence electrons. The molecule has 25 heavy (non-hydrogen) atoms. The van der Waals surface area contributed by atoms with Crippen molar-refractivity contribution in [2.75, 3.05) is 18.9 Å². The molecule has 0 saturated heterocycles. The summed E-state index contributed by atoms with van der Waals surface area (Å²) < 4.78 is 34.9. The number of pyridine rings is 1. The highest BCUT2D eigenvalue weighted by Gasteiger charge is 2.14. The molecule has 0 aliphatic heterocycles. The molecule has 0 unspecified atom stereocenters. The SMILES string of the molecule is Cc1ccc(S(=O)(=O)OCCOc2cccc3nc(N)ccc23)cc1. The Morgan fingerprint density at radius 1 is 1.00 bits per heavy atom. The molecule has 0 amide bonds. The standard InChI is InChI=1S/C18H18N2O4S/c1-13-5-7-14(8-6-13)25(21,22)24-12-11-23-17-4-2-3-16-15(17)9-10-18(19)20-16/h2-10H,11-12H2,1H3,(H2,19,20). The number of nitrogens with zero attached hydrogens (tertiary/aromatic N) is 1. The summed E-state index contributed by atoms with van der Waals surface area (Å²) in [5.41, 5.74) is 7.36. The van der Waals surface area contributed by atoms with E-state index in [0.717, 1.165) is 10.9 Å². The molecule has 7 heteroatoms. The van der Waals surface area contributed by atoms with Gasteiger partial charge < -0.3 is 10.5 Å². The van der Waals surface area contributed by atoms with Gasteiger partial charge in [0, 0.05) is 5.39 Å². The van der Waals surface area contributed by atoms with Gasteiger partial charge >= 0.3 is 0 Å². The van der Waals surface area contributed by atoms with E-state index in [9.17, 15) is 8.42 Å². The number of hydrogen-bond acceptors (Lipinski definition) is 6. The van der Waals surface area contributed by atoms with E-state index in [-0.39, 0.29) is 18.1 Å². The van der Waals surface area contributed by atoms with Gasteiger partial charge in [0.2, 0.25) is 0 Å². The summed E-state index contributed by atoms with van der Waals surface area (Å²) in [5.74, 6) is 1.03. The monoisotopic (exact) mass is 358 g/mol. The van der Waals surface area contributed by atoms with Crippen LogP contribution in [-0.4, -0.2) is 26.6 Å². The minimum atomic E-state index is -3.79. The van der Waals surface area contributed by atoms with Crippen LogP contribution in [0, 0.1) is 6.92 Å². The fraction of sp³-hybridized carbons (Fsp3) is 0.167. The van der Waals surface area contributed by atoms with Crippen LogP contribution in [0.15, 0.2) is 59.5 Å². The van der Waals surface area contributed by atoms with Crippen LogP contribution in [0.2, 0.25) is 0 Å². The predicted octanol–water partition coefficient (Wildman–Crippen LogP) is 2.91. The van der Waals surface area contributed by atoms with E-state index in [2.05, 4.69) is 4.98 Å². The van der Waals surface area contributed by atoms with Crippen LogP contribution in [0.25, 0.3) is 10.9 Å². The normalized spacial score (nSPS) is 11.6. The minimum Gasteiger partial charge on any atom is -0.490 e. The van der Waals surface area contributed by atoms with E-state index in [1.165, 1.54) is 12.1 Å². The summed E-state index contributed by atoms with van der Waals surface area (Å²) in [6.07, 6.45) is 0. The Labute approximate surface area is 146 Å². The Morgan fingerprint density at radius 3 is 2.52 bits per heavy atom. The van der Waals surface area contributed by atoms with Crippen molar-refractivity contribution >= 4 is 26.8 Å². The summed E-state index contributed by atoms with van der Waals surface area (Å²) in [6, 6.07) is 15.4. The molecule has 0 bridgehead atoms. The molecule has 1 aromatic heterocycles. The van der Waals surface area contributed by atoms with Crippen LogP contribution in [0.5, 0.6) is 5.75 Å². The van der Waals surface area contributed by atoms with Crippen LogP contribution < -0.4 is 10.5 Å². The van der Waals surface area contributed by atoms with Gasteiger partial charge in [-0.3, -0.25) is 4.18 Å². The molecule has 3 rings (SSSR count). The third-order valence-corrected chi connectivity index (χ3v) is 4.93. The predicted molar refractivity (Wildman–Crippen MR) is 96.0 cm³/mol. The number of nitrogen functional groups attached to an aromatic ring is 1. The Kier molecular flexibility index (Phi) is 4.87. The first-order valence-corrected chi connectivity index (χ1v) is 9.11. The van der Waals surface area contributed by atoms with Gasteiger partial charge in [0.1, 0.15) is 24.8 Å². The first-order valence-electron chi connectivity index (χ1n) is 7.70. The molecular weight excluding hydrogens is 340 g/mol. The van der Waals surface area contributed by atoms with Gasteiger partial charge in [-0.05, 0) is 43.3 Å².